The second-order valence-electron chi connectivity index (χ2n) is 7.51. The van der Waals surface area contributed by atoms with Crippen LogP contribution in [0.3, 0.4) is 0 Å². The van der Waals surface area contributed by atoms with Crippen LogP contribution < -0.4 is 10.1 Å². The molecule has 1 aliphatic heterocycles. The minimum atomic E-state index is -0.635. The topological polar surface area (TPSA) is 71.3 Å². The summed E-state index contributed by atoms with van der Waals surface area (Å²) in [6, 6.07) is 15.4. The normalized spacial score (nSPS) is 15.7. The fraction of sp³-hybridized carbons (Fsp3) is 0.391. The van der Waals surface area contributed by atoms with Gasteiger partial charge in [-0.2, -0.15) is 5.26 Å². The Hall–Kier alpha value is -2.84. The Labute approximate surface area is 166 Å². The number of rotatable bonds is 5. The number of nitriles is 1. The predicted molar refractivity (Wildman–Crippen MR) is 108 cm³/mol. The first kappa shape index (κ1) is 19.9. The smallest absolute Gasteiger partial charge is 0.235 e. The van der Waals surface area contributed by atoms with Crippen LogP contribution in [-0.2, 0) is 14.9 Å². The molecule has 0 saturated carbocycles. The highest BCUT2D eigenvalue weighted by molar-refractivity contribution is 5.99. The van der Waals surface area contributed by atoms with Gasteiger partial charge in [0.15, 0.2) is 0 Å². The number of aryl methyl sites for hydroxylation is 1. The van der Waals surface area contributed by atoms with Crippen molar-refractivity contribution in [1.29, 1.82) is 5.26 Å². The van der Waals surface area contributed by atoms with E-state index in [1.165, 1.54) is 0 Å². The molecule has 1 N–H and O–H groups in total. The molecule has 0 spiro atoms. The number of benzene rings is 2. The van der Waals surface area contributed by atoms with E-state index in [1.54, 1.807) is 18.2 Å². The Balaban J connectivity index is 1.90. The number of carbonyl (C=O) groups is 1. The van der Waals surface area contributed by atoms with E-state index in [1.807, 2.05) is 39.0 Å². The zero-order valence-electron chi connectivity index (χ0n) is 16.6. The fourth-order valence-electron chi connectivity index (χ4n) is 3.61. The molecular weight excluding hydrogens is 352 g/mol. The molecule has 1 fully saturated rings. The van der Waals surface area contributed by atoms with Crippen LogP contribution >= 0.6 is 0 Å². The van der Waals surface area contributed by atoms with Gasteiger partial charge in [0.2, 0.25) is 5.91 Å². The van der Waals surface area contributed by atoms with Gasteiger partial charge < -0.3 is 14.8 Å². The molecule has 1 aliphatic rings. The molecule has 3 rings (SSSR count). The van der Waals surface area contributed by atoms with E-state index in [4.69, 9.17) is 9.47 Å². The van der Waals surface area contributed by atoms with Crippen LogP contribution in [0.25, 0.3) is 0 Å². The maximum Gasteiger partial charge on any atom is 0.235 e. The molecule has 1 heterocycles. The van der Waals surface area contributed by atoms with Gasteiger partial charge in [-0.3, -0.25) is 4.79 Å². The Morgan fingerprint density at radius 1 is 1.21 bits per heavy atom. The minimum Gasteiger partial charge on any atom is -0.490 e. The van der Waals surface area contributed by atoms with Crippen LogP contribution in [0.15, 0.2) is 42.5 Å². The van der Waals surface area contributed by atoms with Crippen molar-refractivity contribution >= 4 is 11.6 Å². The number of hydrogen-bond donors (Lipinski definition) is 1. The first-order valence-electron chi connectivity index (χ1n) is 9.62. The first-order chi connectivity index (χ1) is 13.4. The van der Waals surface area contributed by atoms with E-state index in [9.17, 15) is 10.1 Å². The summed E-state index contributed by atoms with van der Waals surface area (Å²) in [5.41, 5.74) is 2.50. The van der Waals surface area contributed by atoms with E-state index < -0.39 is 5.41 Å². The van der Waals surface area contributed by atoms with Crippen LogP contribution in [-0.4, -0.2) is 25.2 Å². The van der Waals surface area contributed by atoms with Crippen LogP contribution in [0.4, 0.5) is 5.69 Å². The molecule has 5 heteroatoms. The summed E-state index contributed by atoms with van der Waals surface area (Å²) in [4.78, 5) is 13.4. The molecule has 2 aromatic rings. The number of ether oxygens (including phenoxy) is 2. The third kappa shape index (κ3) is 4.18. The van der Waals surface area contributed by atoms with Crippen molar-refractivity contribution in [3.8, 4) is 11.8 Å². The first-order valence-corrected chi connectivity index (χ1v) is 9.62. The van der Waals surface area contributed by atoms with Crippen molar-refractivity contribution < 1.29 is 14.3 Å². The largest absolute Gasteiger partial charge is 0.490 e. The molecule has 28 heavy (non-hydrogen) atoms. The van der Waals surface area contributed by atoms with E-state index >= 15 is 0 Å². The summed E-state index contributed by atoms with van der Waals surface area (Å²) < 4.78 is 11.2. The van der Waals surface area contributed by atoms with Crippen molar-refractivity contribution in [3.63, 3.8) is 0 Å². The quantitative estimate of drug-likeness (QED) is 0.840. The van der Waals surface area contributed by atoms with Gasteiger partial charge in [0.05, 0.1) is 17.1 Å². The van der Waals surface area contributed by atoms with Gasteiger partial charge in [-0.25, -0.2) is 0 Å². The molecule has 5 nitrogen and oxygen atoms in total. The average molecular weight is 378 g/mol. The fourth-order valence-corrected chi connectivity index (χ4v) is 3.61. The van der Waals surface area contributed by atoms with E-state index in [0.717, 1.165) is 11.1 Å². The second kappa shape index (κ2) is 8.45. The predicted octanol–water partition coefficient (Wildman–Crippen LogP) is 4.34. The van der Waals surface area contributed by atoms with Gasteiger partial charge in [0.25, 0.3) is 0 Å². The van der Waals surface area contributed by atoms with Crippen LogP contribution in [0.5, 0.6) is 5.75 Å². The van der Waals surface area contributed by atoms with Crippen molar-refractivity contribution in [2.75, 3.05) is 18.5 Å². The van der Waals surface area contributed by atoms with Gasteiger partial charge in [0, 0.05) is 18.9 Å². The van der Waals surface area contributed by atoms with Crippen molar-refractivity contribution in [3.05, 3.63) is 59.2 Å². The Morgan fingerprint density at radius 2 is 1.96 bits per heavy atom. The highest BCUT2D eigenvalue weighted by Crippen LogP contribution is 2.37. The van der Waals surface area contributed by atoms with Crippen LogP contribution in [0.1, 0.15) is 43.4 Å². The lowest BCUT2D eigenvalue weighted by molar-refractivity contribution is -0.125. The SMILES string of the molecule is Cc1cccc(C2(C(=O)Nc3ccc(OC(C)C)c(C#N)c3)CCOCC2)c1. The van der Waals surface area contributed by atoms with Crippen molar-refractivity contribution in [1.82, 2.24) is 0 Å². The Bertz CT molecular complexity index is 893. The molecule has 0 aromatic heterocycles. The zero-order valence-corrected chi connectivity index (χ0v) is 16.6. The lowest BCUT2D eigenvalue weighted by Gasteiger charge is -2.36. The van der Waals surface area contributed by atoms with E-state index in [-0.39, 0.29) is 12.0 Å². The summed E-state index contributed by atoms with van der Waals surface area (Å²) >= 11 is 0. The molecule has 0 unspecified atom stereocenters. The maximum absolute atomic E-state index is 13.4. The highest BCUT2D eigenvalue weighted by atomic mass is 16.5. The maximum atomic E-state index is 13.4. The lowest BCUT2D eigenvalue weighted by atomic mass is 9.73. The molecule has 1 saturated heterocycles. The highest BCUT2D eigenvalue weighted by Gasteiger charge is 2.41. The van der Waals surface area contributed by atoms with Gasteiger partial charge in [-0.05, 0) is 57.4 Å². The standard InChI is InChI=1S/C23H26N2O3/c1-16(2)28-21-8-7-20(14-18(21)15-24)25-22(26)23(9-11-27-12-10-23)19-6-4-5-17(3)13-19/h4-8,13-14,16H,9-12H2,1-3H3,(H,25,26). The summed E-state index contributed by atoms with van der Waals surface area (Å²) in [5.74, 6) is 0.456. The number of nitrogens with zero attached hydrogens (tertiary/aromatic N) is 1. The summed E-state index contributed by atoms with van der Waals surface area (Å²) in [5, 5.41) is 12.5. The number of amides is 1. The molecule has 0 aliphatic carbocycles. The van der Waals surface area contributed by atoms with Crippen molar-refractivity contribution in [2.24, 2.45) is 0 Å². The zero-order chi connectivity index (χ0) is 20.1. The number of carbonyl (C=O) groups excluding carboxylic acids is 1. The summed E-state index contributed by atoms with van der Waals surface area (Å²) in [6.45, 7) is 6.94. The molecule has 0 atom stereocenters. The number of hydrogen-bond acceptors (Lipinski definition) is 4. The van der Waals surface area contributed by atoms with Gasteiger partial charge in [0.1, 0.15) is 11.8 Å². The van der Waals surface area contributed by atoms with E-state index in [0.29, 0.717) is 43.1 Å². The summed E-state index contributed by atoms with van der Waals surface area (Å²) in [6.07, 6.45) is 1.23. The van der Waals surface area contributed by atoms with Gasteiger partial charge >= 0.3 is 0 Å². The summed E-state index contributed by atoms with van der Waals surface area (Å²) in [7, 11) is 0. The third-order valence-electron chi connectivity index (χ3n) is 5.07. The molecule has 0 bridgehead atoms. The number of anilines is 1. The van der Waals surface area contributed by atoms with Crippen molar-refractivity contribution in [2.45, 2.75) is 45.1 Å². The van der Waals surface area contributed by atoms with Crippen LogP contribution in [0, 0.1) is 18.3 Å². The molecule has 1 amide bonds. The van der Waals surface area contributed by atoms with Gasteiger partial charge in [-0.15, -0.1) is 0 Å². The van der Waals surface area contributed by atoms with E-state index in [2.05, 4.69) is 17.5 Å². The molecular formula is C23H26N2O3. The lowest BCUT2D eigenvalue weighted by Crippen LogP contribution is -2.44. The second-order valence-corrected chi connectivity index (χ2v) is 7.51. The van der Waals surface area contributed by atoms with Gasteiger partial charge in [-0.1, -0.05) is 29.8 Å². The Morgan fingerprint density at radius 3 is 2.61 bits per heavy atom. The molecule has 146 valence electrons. The minimum absolute atomic E-state index is 0.0284. The molecule has 0 radical (unpaired) electrons. The average Bonchev–Trinajstić information content (AvgIpc) is 2.69. The van der Waals surface area contributed by atoms with Crippen LogP contribution in [0.2, 0.25) is 0 Å². The monoisotopic (exact) mass is 378 g/mol. The molecule has 2 aromatic carbocycles. The third-order valence-corrected chi connectivity index (χ3v) is 5.07. The number of nitrogens with one attached hydrogen (secondary N) is 1. The Kier molecular flexibility index (Phi) is 6.01.